The Kier molecular flexibility index (Phi) is 5.89. The minimum absolute atomic E-state index is 0.0163. The van der Waals surface area contributed by atoms with Gasteiger partial charge in [0.25, 0.3) is 5.91 Å². The van der Waals surface area contributed by atoms with E-state index in [0.717, 1.165) is 11.6 Å². The smallest absolute Gasteiger partial charge is 0.423 e. The van der Waals surface area contributed by atoms with Crippen LogP contribution in [0.4, 0.5) is 4.39 Å². The maximum atomic E-state index is 13.7. The van der Waals surface area contributed by atoms with Crippen LogP contribution < -0.4 is 10.8 Å². The van der Waals surface area contributed by atoms with Crippen LogP contribution in [0.2, 0.25) is 0 Å². The first kappa shape index (κ1) is 15.9. The molecule has 0 spiro atoms. The molecule has 0 atom stereocenters. The van der Waals surface area contributed by atoms with Crippen LogP contribution in [0.15, 0.2) is 55.2 Å². The summed E-state index contributed by atoms with van der Waals surface area (Å²) in [6.45, 7) is 7.30. The van der Waals surface area contributed by atoms with E-state index in [1.54, 1.807) is 18.2 Å². The van der Waals surface area contributed by atoms with Gasteiger partial charge in [0.15, 0.2) is 0 Å². The van der Waals surface area contributed by atoms with Gasteiger partial charge in [-0.15, -0.1) is 0 Å². The van der Waals surface area contributed by atoms with Crippen LogP contribution >= 0.6 is 0 Å². The quantitative estimate of drug-likeness (QED) is 0.524. The molecule has 0 radical (unpaired) electrons. The summed E-state index contributed by atoms with van der Waals surface area (Å²) in [6.07, 6.45) is 4.79. The fraction of sp³-hybridized carbons (Fsp3) is 0.0714. The monoisotopic (exact) mass is 275 g/mol. The van der Waals surface area contributed by atoms with Crippen LogP contribution in [0.3, 0.4) is 0 Å². The third kappa shape index (κ3) is 4.19. The molecule has 0 aliphatic heterocycles. The molecule has 0 heterocycles. The zero-order chi connectivity index (χ0) is 15.1. The Morgan fingerprint density at radius 2 is 2.10 bits per heavy atom. The van der Waals surface area contributed by atoms with E-state index < -0.39 is 18.8 Å². The molecule has 0 aromatic heterocycles. The van der Waals surface area contributed by atoms with Crippen LogP contribution in [-0.2, 0) is 0 Å². The van der Waals surface area contributed by atoms with E-state index in [2.05, 4.69) is 18.5 Å². The summed E-state index contributed by atoms with van der Waals surface area (Å²) in [6, 6.07) is 3.38. The molecule has 1 rings (SSSR count). The molecule has 0 saturated heterocycles. The number of rotatable bonds is 6. The van der Waals surface area contributed by atoms with E-state index in [9.17, 15) is 9.18 Å². The molecule has 0 aliphatic carbocycles. The van der Waals surface area contributed by atoms with Gasteiger partial charge in [-0.25, -0.2) is 4.39 Å². The van der Waals surface area contributed by atoms with Gasteiger partial charge in [0, 0.05) is 6.54 Å². The van der Waals surface area contributed by atoms with Gasteiger partial charge in [0.2, 0.25) is 0 Å². The minimum Gasteiger partial charge on any atom is -0.423 e. The summed E-state index contributed by atoms with van der Waals surface area (Å²) < 4.78 is 13.7. The topological polar surface area (TPSA) is 69.6 Å². The largest absolute Gasteiger partial charge is 0.488 e. The lowest BCUT2D eigenvalue weighted by Gasteiger charge is -2.08. The Bertz CT molecular complexity index is 555. The van der Waals surface area contributed by atoms with E-state index in [0.29, 0.717) is 0 Å². The van der Waals surface area contributed by atoms with Crippen molar-refractivity contribution >= 4 is 18.5 Å². The van der Waals surface area contributed by atoms with Crippen molar-refractivity contribution in [2.24, 2.45) is 0 Å². The lowest BCUT2D eigenvalue weighted by molar-refractivity contribution is 0.0953. The van der Waals surface area contributed by atoms with Gasteiger partial charge in [0.1, 0.15) is 5.82 Å². The molecule has 20 heavy (non-hydrogen) atoms. The van der Waals surface area contributed by atoms with Crippen molar-refractivity contribution in [1.29, 1.82) is 0 Å². The number of amides is 1. The molecule has 0 fully saturated rings. The average Bonchev–Trinajstić information content (AvgIpc) is 2.42. The first-order valence-corrected chi connectivity index (χ1v) is 5.87. The van der Waals surface area contributed by atoms with Gasteiger partial charge in [0.05, 0.1) is 5.56 Å². The van der Waals surface area contributed by atoms with Crippen molar-refractivity contribution in [2.75, 3.05) is 6.54 Å². The molecule has 3 N–H and O–H groups in total. The second kappa shape index (κ2) is 7.42. The maximum absolute atomic E-state index is 13.7. The number of benzene rings is 1. The summed E-state index contributed by atoms with van der Waals surface area (Å²) in [5, 5.41) is 20.3. The zero-order valence-corrected chi connectivity index (χ0v) is 10.8. The van der Waals surface area contributed by atoms with Gasteiger partial charge in [-0.3, -0.25) is 4.79 Å². The Hall–Kier alpha value is -2.18. The van der Waals surface area contributed by atoms with Crippen molar-refractivity contribution in [1.82, 2.24) is 5.32 Å². The van der Waals surface area contributed by atoms with Crippen molar-refractivity contribution < 1.29 is 19.2 Å². The summed E-state index contributed by atoms with van der Waals surface area (Å²) in [4.78, 5) is 11.8. The molecule has 1 amide bonds. The van der Waals surface area contributed by atoms with Crippen LogP contribution in [-0.4, -0.2) is 29.6 Å². The van der Waals surface area contributed by atoms with Crippen molar-refractivity contribution in [2.45, 2.75) is 0 Å². The molecule has 104 valence electrons. The zero-order valence-electron chi connectivity index (χ0n) is 10.8. The highest BCUT2D eigenvalue weighted by atomic mass is 19.1. The van der Waals surface area contributed by atoms with Gasteiger partial charge < -0.3 is 15.4 Å². The van der Waals surface area contributed by atoms with E-state index in [-0.39, 0.29) is 17.6 Å². The summed E-state index contributed by atoms with van der Waals surface area (Å²) in [5.74, 6) is -1.42. The number of hydrogen-bond acceptors (Lipinski definition) is 3. The molecule has 1 aromatic rings. The Labute approximate surface area is 117 Å². The van der Waals surface area contributed by atoms with Gasteiger partial charge >= 0.3 is 7.12 Å². The number of nitrogens with one attached hydrogen (secondary N) is 1. The van der Waals surface area contributed by atoms with Crippen LogP contribution in [0.5, 0.6) is 0 Å². The SMILES string of the molecule is C=C/C=C(\C=C)CNC(=O)c1ccc(B(O)O)cc1F. The molecular formula is C14H15BFNO3. The highest BCUT2D eigenvalue weighted by Crippen LogP contribution is 2.06. The van der Waals surface area contributed by atoms with Crippen molar-refractivity contribution in [3.8, 4) is 0 Å². The molecule has 1 aromatic carbocycles. The van der Waals surface area contributed by atoms with Crippen molar-refractivity contribution in [3.05, 3.63) is 66.5 Å². The number of allylic oxidation sites excluding steroid dienone is 2. The Balaban J connectivity index is 2.80. The van der Waals surface area contributed by atoms with E-state index >= 15 is 0 Å². The highest BCUT2D eigenvalue weighted by Gasteiger charge is 2.16. The molecule has 0 bridgehead atoms. The summed E-state index contributed by atoms with van der Waals surface area (Å²) in [5.41, 5.74) is 0.546. The molecule has 6 heteroatoms. The summed E-state index contributed by atoms with van der Waals surface area (Å²) >= 11 is 0. The molecule has 0 unspecified atom stereocenters. The first-order valence-electron chi connectivity index (χ1n) is 5.87. The van der Waals surface area contributed by atoms with E-state index in [1.165, 1.54) is 12.1 Å². The van der Waals surface area contributed by atoms with Gasteiger partial charge in [-0.05, 0) is 23.2 Å². The third-order valence-corrected chi connectivity index (χ3v) is 2.58. The molecule has 0 aliphatic rings. The normalized spacial score (nSPS) is 10.8. The predicted molar refractivity (Wildman–Crippen MR) is 77.0 cm³/mol. The van der Waals surface area contributed by atoms with Gasteiger partial charge in [-0.2, -0.15) is 0 Å². The number of hydrogen-bond donors (Lipinski definition) is 3. The lowest BCUT2D eigenvalue weighted by atomic mass is 9.80. The Morgan fingerprint density at radius 3 is 2.60 bits per heavy atom. The standard InChI is InChI=1S/C14H15BFNO3/c1-3-5-10(4-2)9-17-14(18)12-7-6-11(15(19)20)8-13(12)16/h3-8,19-20H,1-2,9H2,(H,17,18)/b10-5+. The van der Waals surface area contributed by atoms with E-state index in [1.807, 2.05) is 0 Å². The fourth-order valence-electron chi connectivity index (χ4n) is 1.50. The highest BCUT2D eigenvalue weighted by molar-refractivity contribution is 6.58. The van der Waals surface area contributed by atoms with E-state index in [4.69, 9.17) is 10.0 Å². The molecule has 4 nitrogen and oxygen atoms in total. The average molecular weight is 275 g/mol. The third-order valence-electron chi connectivity index (χ3n) is 2.58. The van der Waals surface area contributed by atoms with Crippen LogP contribution in [0.1, 0.15) is 10.4 Å². The predicted octanol–water partition coefficient (Wildman–Crippen LogP) is 0.534. The van der Waals surface area contributed by atoms with Crippen LogP contribution in [0.25, 0.3) is 0 Å². The summed E-state index contributed by atoms with van der Waals surface area (Å²) in [7, 11) is -1.77. The molecular weight excluding hydrogens is 260 g/mol. The van der Waals surface area contributed by atoms with Crippen LogP contribution in [0, 0.1) is 5.82 Å². The Morgan fingerprint density at radius 1 is 1.40 bits per heavy atom. The molecule has 0 saturated carbocycles. The number of carbonyl (C=O) groups is 1. The fourth-order valence-corrected chi connectivity index (χ4v) is 1.50. The second-order valence-corrected chi connectivity index (χ2v) is 3.98. The minimum atomic E-state index is -1.77. The number of halogens is 1. The number of carbonyl (C=O) groups excluding carboxylic acids is 1. The lowest BCUT2D eigenvalue weighted by Crippen LogP contribution is -2.32. The first-order chi connectivity index (χ1) is 9.49. The maximum Gasteiger partial charge on any atom is 0.488 e. The second-order valence-electron chi connectivity index (χ2n) is 3.98. The van der Waals surface area contributed by atoms with Gasteiger partial charge in [-0.1, -0.05) is 37.5 Å². The van der Waals surface area contributed by atoms with Crippen molar-refractivity contribution in [3.63, 3.8) is 0 Å².